The molecule has 1 rings (SSSR count). The van der Waals surface area contributed by atoms with Crippen LogP contribution < -0.4 is 0 Å². The third kappa shape index (κ3) is 4.35. The minimum atomic E-state index is -4.29. The van der Waals surface area contributed by atoms with Crippen LogP contribution in [0.2, 0.25) is 0 Å². The van der Waals surface area contributed by atoms with E-state index in [1.807, 2.05) is 0 Å². The van der Waals surface area contributed by atoms with Crippen molar-refractivity contribution in [2.45, 2.75) is 29.1 Å². The molecule has 0 amide bonds. The lowest BCUT2D eigenvalue weighted by Crippen LogP contribution is -2.03. The summed E-state index contributed by atoms with van der Waals surface area (Å²) in [5.41, 5.74) is -3.11. The molecule has 1 aromatic rings. The summed E-state index contributed by atoms with van der Waals surface area (Å²) in [6.07, 6.45) is 0. The van der Waals surface area contributed by atoms with E-state index >= 15 is 0 Å². The summed E-state index contributed by atoms with van der Waals surface area (Å²) in [5.74, 6) is -0.0828. The average molecular weight is 327 g/mol. The van der Waals surface area contributed by atoms with E-state index in [2.05, 4.69) is 15.9 Å². The van der Waals surface area contributed by atoms with Crippen molar-refractivity contribution < 1.29 is 18.0 Å². The van der Waals surface area contributed by atoms with Crippen LogP contribution in [0.3, 0.4) is 0 Å². The minimum absolute atomic E-state index is 0.0828. The van der Waals surface area contributed by atoms with E-state index in [4.69, 9.17) is 0 Å². The number of aryl methyl sites for hydroxylation is 1. The lowest BCUT2D eigenvalue weighted by molar-refractivity contribution is -0.116. The third-order valence-corrected chi connectivity index (χ3v) is 4.16. The van der Waals surface area contributed by atoms with Crippen molar-refractivity contribution in [3.63, 3.8) is 0 Å². The molecule has 1 aromatic carbocycles. The second-order valence-electron chi connectivity index (χ2n) is 3.55. The van der Waals surface area contributed by atoms with Crippen LogP contribution in [0, 0.1) is 6.92 Å². The fourth-order valence-electron chi connectivity index (χ4n) is 1.30. The van der Waals surface area contributed by atoms with Crippen molar-refractivity contribution in [3.8, 4) is 0 Å². The van der Waals surface area contributed by atoms with Gasteiger partial charge >= 0.3 is 5.51 Å². The first-order chi connectivity index (χ1) is 7.70. The molecule has 0 N–H and O–H groups in total. The molecule has 1 nitrogen and oxygen atoms in total. The van der Waals surface area contributed by atoms with Crippen LogP contribution in [-0.4, -0.2) is 11.3 Å². The molecular formula is C11H10BrF3OS. The van der Waals surface area contributed by atoms with Crippen molar-refractivity contribution >= 4 is 33.5 Å². The van der Waals surface area contributed by atoms with Gasteiger partial charge in [-0.15, -0.1) is 0 Å². The van der Waals surface area contributed by atoms with Gasteiger partial charge in [-0.25, -0.2) is 0 Å². The molecule has 0 aromatic heterocycles. The molecule has 0 saturated carbocycles. The molecule has 1 atom stereocenters. The molecule has 0 spiro atoms. The van der Waals surface area contributed by atoms with Gasteiger partial charge in [0.1, 0.15) is 5.78 Å². The number of carbonyl (C=O) groups is 1. The number of carbonyl (C=O) groups excluding carboxylic acids is 1. The quantitative estimate of drug-likeness (QED) is 0.595. The molecule has 0 radical (unpaired) electrons. The molecule has 17 heavy (non-hydrogen) atoms. The number of rotatable bonds is 3. The number of alkyl halides is 4. The standard InChI is InChI=1S/C11H10BrF3OS/c1-6-5-8(10(12)7(2)16)3-4-9(6)17-11(13,14)15/h3-5,10H,1-2H3. The van der Waals surface area contributed by atoms with Gasteiger partial charge in [0.15, 0.2) is 0 Å². The van der Waals surface area contributed by atoms with Crippen molar-refractivity contribution in [2.24, 2.45) is 0 Å². The van der Waals surface area contributed by atoms with Crippen LogP contribution in [0.1, 0.15) is 22.9 Å². The molecular weight excluding hydrogens is 317 g/mol. The maximum Gasteiger partial charge on any atom is 0.446 e. The highest BCUT2D eigenvalue weighted by atomic mass is 79.9. The Labute approximate surface area is 110 Å². The van der Waals surface area contributed by atoms with Gasteiger partial charge in [-0.3, -0.25) is 4.79 Å². The highest BCUT2D eigenvalue weighted by Gasteiger charge is 2.30. The largest absolute Gasteiger partial charge is 0.446 e. The summed E-state index contributed by atoms with van der Waals surface area (Å²) >= 11 is 3.05. The Morgan fingerprint density at radius 1 is 1.41 bits per heavy atom. The van der Waals surface area contributed by atoms with Crippen LogP contribution in [-0.2, 0) is 4.79 Å². The Bertz CT molecular complexity index is 431. The van der Waals surface area contributed by atoms with Crippen LogP contribution >= 0.6 is 27.7 Å². The van der Waals surface area contributed by atoms with Gasteiger partial charge in [0.2, 0.25) is 0 Å². The average Bonchev–Trinajstić information content (AvgIpc) is 2.18. The van der Waals surface area contributed by atoms with E-state index in [-0.39, 0.29) is 22.4 Å². The molecule has 0 fully saturated rings. The zero-order valence-electron chi connectivity index (χ0n) is 9.14. The lowest BCUT2D eigenvalue weighted by atomic mass is 10.1. The molecule has 6 heteroatoms. The normalized spacial score (nSPS) is 13.5. The highest BCUT2D eigenvalue weighted by molar-refractivity contribution is 9.09. The van der Waals surface area contributed by atoms with Crippen LogP contribution in [0.5, 0.6) is 0 Å². The van der Waals surface area contributed by atoms with E-state index < -0.39 is 10.3 Å². The number of halogens is 4. The number of benzene rings is 1. The Balaban J connectivity index is 2.98. The topological polar surface area (TPSA) is 17.1 Å². The minimum Gasteiger partial charge on any atom is -0.298 e. The summed E-state index contributed by atoms with van der Waals surface area (Å²) in [7, 11) is 0. The van der Waals surface area contributed by atoms with Gasteiger partial charge in [-0.1, -0.05) is 28.1 Å². The number of hydrogen-bond acceptors (Lipinski definition) is 2. The van der Waals surface area contributed by atoms with E-state index in [1.165, 1.54) is 19.1 Å². The van der Waals surface area contributed by atoms with E-state index in [0.717, 1.165) is 0 Å². The SMILES string of the molecule is CC(=O)C(Br)c1ccc(SC(F)(F)F)c(C)c1. The molecule has 0 aliphatic heterocycles. The Morgan fingerprint density at radius 3 is 2.41 bits per heavy atom. The van der Waals surface area contributed by atoms with Crippen LogP contribution in [0.4, 0.5) is 13.2 Å². The van der Waals surface area contributed by atoms with Crippen molar-refractivity contribution in [2.75, 3.05) is 0 Å². The summed E-state index contributed by atoms with van der Waals surface area (Å²) < 4.78 is 36.6. The number of thioether (sulfide) groups is 1. The Kier molecular flexibility index (Phi) is 4.66. The lowest BCUT2D eigenvalue weighted by Gasteiger charge is -2.12. The first kappa shape index (κ1) is 14.6. The van der Waals surface area contributed by atoms with E-state index in [1.54, 1.807) is 13.0 Å². The highest BCUT2D eigenvalue weighted by Crippen LogP contribution is 2.39. The van der Waals surface area contributed by atoms with Gasteiger partial charge in [0, 0.05) is 4.90 Å². The zero-order valence-corrected chi connectivity index (χ0v) is 11.5. The van der Waals surface area contributed by atoms with E-state index in [9.17, 15) is 18.0 Å². The number of ketones is 1. The third-order valence-electron chi connectivity index (χ3n) is 2.07. The maximum absolute atomic E-state index is 12.2. The van der Waals surface area contributed by atoms with Gasteiger partial charge in [0.25, 0.3) is 0 Å². The number of hydrogen-bond donors (Lipinski definition) is 0. The second kappa shape index (κ2) is 5.44. The summed E-state index contributed by atoms with van der Waals surface area (Å²) in [6.45, 7) is 3.02. The molecule has 1 unspecified atom stereocenters. The van der Waals surface area contributed by atoms with Crippen LogP contribution in [0.25, 0.3) is 0 Å². The summed E-state index contributed by atoms with van der Waals surface area (Å²) in [5, 5.41) is 0. The monoisotopic (exact) mass is 326 g/mol. The molecule has 94 valence electrons. The van der Waals surface area contributed by atoms with Gasteiger partial charge in [-0.05, 0) is 42.8 Å². The fourth-order valence-corrected chi connectivity index (χ4v) is 2.19. The van der Waals surface area contributed by atoms with Crippen molar-refractivity contribution in [1.29, 1.82) is 0 Å². The van der Waals surface area contributed by atoms with E-state index in [0.29, 0.717) is 11.1 Å². The molecule has 0 saturated heterocycles. The molecule has 0 bridgehead atoms. The summed E-state index contributed by atoms with van der Waals surface area (Å²) in [6, 6.07) is 4.51. The molecule has 0 heterocycles. The predicted octanol–water partition coefficient (Wildman–Crippen LogP) is 4.63. The van der Waals surface area contributed by atoms with Crippen molar-refractivity contribution in [1.82, 2.24) is 0 Å². The number of Topliss-reactive ketones (excluding diaryl/α,β-unsaturated/α-hetero) is 1. The van der Waals surface area contributed by atoms with Gasteiger partial charge < -0.3 is 0 Å². The summed E-state index contributed by atoms with van der Waals surface area (Å²) in [4.78, 5) is 10.8. The predicted molar refractivity (Wildman–Crippen MR) is 65.4 cm³/mol. The first-order valence-corrected chi connectivity index (χ1v) is 6.45. The zero-order chi connectivity index (χ0) is 13.2. The van der Waals surface area contributed by atoms with Gasteiger partial charge in [0.05, 0.1) is 4.83 Å². The van der Waals surface area contributed by atoms with Gasteiger partial charge in [-0.2, -0.15) is 13.2 Å². The Morgan fingerprint density at radius 2 is 2.00 bits per heavy atom. The molecule has 0 aliphatic carbocycles. The fraction of sp³-hybridized carbons (Fsp3) is 0.364. The Hall–Kier alpha value is -0.490. The van der Waals surface area contributed by atoms with Crippen LogP contribution in [0.15, 0.2) is 23.1 Å². The smallest absolute Gasteiger partial charge is 0.298 e. The second-order valence-corrected chi connectivity index (χ2v) is 5.57. The maximum atomic E-state index is 12.2. The van der Waals surface area contributed by atoms with Crippen molar-refractivity contribution in [3.05, 3.63) is 29.3 Å². The first-order valence-electron chi connectivity index (χ1n) is 4.71. The molecule has 0 aliphatic rings.